The van der Waals surface area contributed by atoms with Crippen LogP contribution in [0.1, 0.15) is 42.5 Å². The number of benzene rings is 1. The van der Waals surface area contributed by atoms with Crippen molar-refractivity contribution in [1.82, 2.24) is 25.5 Å². The number of carbonyl (C=O) groups is 1. The van der Waals surface area contributed by atoms with Gasteiger partial charge in [-0.2, -0.15) is 4.80 Å². The van der Waals surface area contributed by atoms with Crippen molar-refractivity contribution >= 4 is 5.91 Å². The van der Waals surface area contributed by atoms with Crippen LogP contribution in [0.25, 0.3) is 0 Å². The lowest BCUT2D eigenvalue weighted by molar-refractivity contribution is 0.0923. The molecule has 7 heteroatoms. The maximum Gasteiger partial charge on any atom is 0.251 e. The second-order valence-corrected chi connectivity index (χ2v) is 5.65. The number of tetrazole rings is 1. The third-order valence-electron chi connectivity index (χ3n) is 3.44. The highest BCUT2D eigenvalue weighted by Crippen LogP contribution is 2.18. The van der Waals surface area contributed by atoms with E-state index in [0.29, 0.717) is 24.5 Å². The Labute approximate surface area is 136 Å². The Kier molecular flexibility index (Phi) is 6.22. The zero-order chi connectivity index (χ0) is 16.7. The van der Waals surface area contributed by atoms with E-state index >= 15 is 0 Å². The Bertz CT molecular complexity index is 612. The first-order chi connectivity index (χ1) is 11.1. The van der Waals surface area contributed by atoms with Gasteiger partial charge in [0.1, 0.15) is 0 Å². The summed E-state index contributed by atoms with van der Waals surface area (Å²) in [6.07, 6.45) is 0.815. The van der Waals surface area contributed by atoms with Crippen molar-refractivity contribution in [2.24, 2.45) is 5.92 Å². The number of carbonyl (C=O) groups excluding carboxylic acids is 1. The van der Waals surface area contributed by atoms with E-state index in [2.05, 4.69) is 20.7 Å². The molecule has 124 valence electrons. The van der Waals surface area contributed by atoms with Gasteiger partial charge in [0.15, 0.2) is 5.82 Å². The summed E-state index contributed by atoms with van der Waals surface area (Å²) in [6, 6.07) is 8.83. The van der Waals surface area contributed by atoms with Gasteiger partial charge in [-0.25, -0.2) is 0 Å². The molecule has 2 aromatic rings. The molecule has 1 heterocycles. The minimum absolute atomic E-state index is 0.139. The molecule has 7 nitrogen and oxygen atoms in total. The summed E-state index contributed by atoms with van der Waals surface area (Å²) in [5.74, 6) is 0.543. The fourth-order valence-corrected chi connectivity index (χ4v) is 2.17. The van der Waals surface area contributed by atoms with Gasteiger partial charge in [-0.05, 0) is 29.7 Å². The Morgan fingerprint density at radius 1 is 1.30 bits per heavy atom. The van der Waals surface area contributed by atoms with Gasteiger partial charge in [-0.1, -0.05) is 32.0 Å². The van der Waals surface area contributed by atoms with E-state index < -0.39 is 0 Å². The number of nitrogens with one attached hydrogen (secondary N) is 1. The summed E-state index contributed by atoms with van der Waals surface area (Å²) in [5.41, 5.74) is 0.616. The molecule has 1 aromatic carbocycles. The zero-order valence-electron chi connectivity index (χ0n) is 13.8. The van der Waals surface area contributed by atoms with Crippen LogP contribution in [0.3, 0.4) is 0 Å². The molecule has 0 radical (unpaired) electrons. The molecule has 1 N–H and O–H groups in total. The molecule has 1 amide bonds. The molecule has 2 rings (SSSR count). The van der Waals surface area contributed by atoms with Crippen LogP contribution >= 0.6 is 0 Å². The molecule has 0 bridgehead atoms. The predicted octanol–water partition coefficient (Wildman–Crippen LogP) is 1.84. The number of hydrogen-bond acceptors (Lipinski definition) is 5. The van der Waals surface area contributed by atoms with Crippen LogP contribution in [0.2, 0.25) is 0 Å². The van der Waals surface area contributed by atoms with Gasteiger partial charge in [-0.3, -0.25) is 4.79 Å². The van der Waals surface area contributed by atoms with Gasteiger partial charge in [0.2, 0.25) is 0 Å². The average Bonchev–Trinajstić information content (AvgIpc) is 3.01. The molecule has 23 heavy (non-hydrogen) atoms. The van der Waals surface area contributed by atoms with E-state index in [4.69, 9.17) is 4.74 Å². The van der Waals surface area contributed by atoms with E-state index in [1.54, 1.807) is 24.0 Å². The second kappa shape index (κ2) is 8.38. The van der Waals surface area contributed by atoms with Crippen LogP contribution in [0, 0.1) is 5.92 Å². The van der Waals surface area contributed by atoms with Gasteiger partial charge in [0, 0.05) is 19.3 Å². The number of hydrogen-bond donors (Lipinski definition) is 1. The van der Waals surface area contributed by atoms with Crippen molar-refractivity contribution in [2.45, 2.75) is 32.9 Å². The number of ether oxygens (including phenoxy) is 1. The minimum atomic E-state index is -0.279. The van der Waals surface area contributed by atoms with Crippen LogP contribution in [-0.4, -0.2) is 39.8 Å². The number of aryl methyl sites for hydroxylation is 1. The summed E-state index contributed by atoms with van der Waals surface area (Å²) in [4.78, 5) is 13.9. The van der Waals surface area contributed by atoms with Crippen LogP contribution < -0.4 is 5.32 Å². The van der Waals surface area contributed by atoms with Crippen LogP contribution in [0.15, 0.2) is 30.3 Å². The molecule has 0 aliphatic carbocycles. The zero-order valence-corrected chi connectivity index (χ0v) is 13.8. The fraction of sp³-hybridized carbons (Fsp3) is 0.500. The lowest BCUT2D eigenvalue weighted by Crippen LogP contribution is -2.32. The van der Waals surface area contributed by atoms with E-state index in [1.807, 2.05) is 32.0 Å². The van der Waals surface area contributed by atoms with Gasteiger partial charge >= 0.3 is 0 Å². The lowest BCUT2D eigenvalue weighted by atomic mass is 10.0. The average molecular weight is 317 g/mol. The predicted molar refractivity (Wildman–Crippen MR) is 85.8 cm³/mol. The van der Waals surface area contributed by atoms with Gasteiger partial charge in [0.25, 0.3) is 5.91 Å². The molecular weight excluding hydrogens is 294 g/mol. The highest BCUT2D eigenvalue weighted by atomic mass is 16.5. The van der Waals surface area contributed by atoms with Crippen LogP contribution in [0.5, 0.6) is 0 Å². The molecule has 0 spiro atoms. The Hall–Kier alpha value is -2.28. The molecule has 0 aliphatic rings. The summed E-state index contributed by atoms with van der Waals surface area (Å²) < 4.78 is 5.01. The SMILES string of the molecule is COCCCn1nnc([C@@H](NC(=O)c2ccccc2)C(C)C)n1. The van der Waals surface area contributed by atoms with Crippen LogP contribution in [-0.2, 0) is 11.3 Å². The van der Waals surface area contributed by atoms with Crippen molar-refractivity contribution in [3.05, 3.63) is 41.7 Å². The molecule has 0 unspecified atom stereocenters. The lowest BCUT2D eigenvalue weighted by Gasteiger charge is -2.19. The van der Waals surface area contributed by atoms with E-state index in [9.17, 15) is 4.79 Å². The minimum Gasteiger partial charge on any atom is -0.385 e. The highest BCUT2D eigenvalue weighted by Gasteiger charge is 2.23. The molecule has 1 aromatic heterocycles. The normalized spacial score (nSPS) is 12.3. The van der Waals surface area contributed by atoms with Crippen molar-refractivity contribution in [1.29, 1.82) is 0 Å². The first kappa shape index (κ1) is 17.1. The first-order valence-corrected chi connectivity index (χ1v) is 7.74. The molecule has 0 fully saturated rings. The summed E-state index contributed by atoms with van der Waals surface area (Å²) in [7, 11) is 1.66. The summed E-state index contributed by atoms with van der Waals surface area (Å²) in [6.45, 7) is 5.32. The summed E-state index contributed by atoms with van der Waals surface area (Å²) in [5, 5.41) is 15.5. The fourth-order valence-electron chi connectivity index (χ4n) is 2.17. The topological polar surface area (TPSA) is 81.9 Å². The van der Waals surface area contributed by atoms with Crippen molar-refractivity contribution in [2.75, 3.05) is 13.7 Å². The smallest absolute Gasteiger partial charge is 0.251 e. The van der Waals surface area contributed by atoms with Gasteiger partial charge < -0.3 is 10.1 Å². The standard InChI is InChI=1S/C16H23N5O2/c1-12(2)14(17-16(22)13-8-5-4-6-9-13)15-18-20-21(19-15)10-7-11-23-3/h4-6,8-9,12,14H,7,10-11H2,1-3H3,(H,17,22)/t14-/m0/s1. The first-order valence-electron chi connectivity index (χ1n) is 7.74. The maximum absolute atomic E-state index is 12.3. The molecule has 0 saturated carbocycles. The van der Waals surface area contributed by atoms with Gasteiger partial charge in [-0.15, -0.1) is 10.2 Å². The Balaban J connectivity index is 2.05. The van der Waals surface area contributed by atoms with Crippen LogP contribution in [0.4, 0.5) is 0 Å². The summed E-state index contributed by atoms with van der Waals surface area (Å²) >= 11 is 0. The third kappa shape index (κ3) is 4.85. The Morgan fingerprint density at radius 2 is 2.04 bits per heavy atom. The monoisotopic (exact) mass is 317 g/mol. The molecule has 0 aliphatic heterocycles. The van der Waals surface area contributed by atoms with Crippen molar-refractivity contribution < 1.29 is 9.53 Å². The molecular formula is C16H23N5O2. The maximum atomic E-state index is 12.3. The van der Waals surface area contributed by atoms with E-state index in [-0.39, 0.29) is 17.9 Å². The molecule has 0 saturated heterocycles. The third-order valence-corrected chi connectivity index (χ3v) is 3.44. The number of amides is 1. The second-order valence-electron chi connectivity index (χ2n) is 5.65. The number of aromatic nitrogens is 4. The Morgan fingerprint density at radius 3 is 2.70 bits per heavy atom. The highest BCUT2D eigenvalue weighted by molar-refractivity contribution is 5.94. The number of rotatable bonds is 8. The number of nitrogens with zero attached hydrogens (tertiary/aromatic N) is 4. The van der Waals surface area contributed by atoms with E-state index in [0.717, 1.165) is 6.42 Å². The van der Waals surface area contributed by atoms with E-state index in [1.165, 1.54) is 0 Å². The quantitative estimate of drug-likeness (QED) is 0.751. The number of methoxy groups -OCH3 is 1. The molecule has 1 atom stereocenters. The largest absolute Gasteiger partial charge is 0.385 e. The van der Waals surface area contributed by atoms with Gasteiger partial charge in [0.05, 0.1) is 12.6 Å². The van der Waals surface area contributed by atoms with Crippen molar-refractivity contribution in [3.63, 3.8) is 0 Å². The van der Waals surface area contributed by atoms with Crippen molar-refractivity contribution in [3.8, 4) is 0 Å².